The maximum absolute atomic E-state index is 13.0. The zero-order valence-corrected chi connectivity index (χ0v) is 14.7. The number of oxazole rings is 1. The molecule has 3 aromatic rings. The number of rotatable bonds is 5. The highest BCUT2D eigenvalue weighted by molar-refractivity contribution is 7.89. The Balaban J connectivity index is 1.82. The average molecular weight is 365 g/mol. The zero-order chi connectivity index (χ0) is 18.2. The minimum Gasteiger partial charge on any atom is -0.444 e. The molecule has 0 fully saturated rings. The monoisotopic (exact) mass is 365 g/mol. The molecular formula is C16H16FN3O4S. The summed E-state index contributed by atoms with van der Waals surface area (Å²) in [5, 5.41) is 3.68. The minimum absolute atomic E-state index is 0.0110. The minimum atomic E-state index is -3.77. The summed E-state index contributed by atoms with van der Waals surface area (Å²) in [6.07, 6.45) is 1.37. The van der Waals surface area contributed by atoms with E-state index in [1.54, 1.807) is 13.8 Å². The summed E-state index contributed by atoms with van der Waals surface area (Å²) in [4.78, 5) is 4.31. The molecule has 2 heterocycles. The Kier molecular flexibility index (Phi) is 4.44. The standard InChI is InChI=1S/C16H16FN3O4S/c1-10-15(11(2)24-19-10)25(21,22)20(3)8-14-9-23-16(18-14)12-4-6-13(17)7-5-12/h4-7,9H,8H2,1-3H3. The summed E-state index contributed by atoms with van der Waals surface area (Å²) in [5.41, 5.74) is 1.33. The van der Waals surface area contributed by atoms with Gasteiger partial charge in [-0.25, -0.2) is 17.8 Å². The Labute approximate surface area is 144 Å². The van der Waals surface area contributed by atoms with Crippen molar-refractivity contribution in [3.63, 3.8) is 0 Å². The highest BCUT2D eigenvalue weighted by Crippen LogP contribution is 2.24. The van der Waals surface area contributed by atoms with Gasteiger partial charge in [0, 0.05) is 12.6 Å². The van der Waals surface area contributed by atoms with Gasteiger partial charge in [0.2, 0.25) is 15.9 Å². The molecule has 0 spiro atoms. The third-order valence-electron chi connectivity index (χ3n) is 3.66. The van der Waals surface area contributed by atoms with E-state index in [1.807, 2.05) is 0 Å². The van der Waals surface area contributed by atoms with E-state index in [0.717, 1.165) is 4.31 Å². The number of benzene rings is 1. The smallest absolute Gasteiger partial charge is 0.248 e. The maximum Gasteiger partial charge on any atom is 0.248 e. The van der Waals surface area contributed by atoms with E-state index >= 15 is 0 Å². The van der Waals surface area contributed by atoms with Crippen molar-refractivity contribution in [1.29, 1.82) is 0 Å². The molecular weight excluding hydrogens is 349 g/mol. The van der Waals surface area contributed by atoms with Gasteiger partial charge in [0.1, 0.15) is 22.7 Å². The van der Waals surface area contributed by atoms with Crippen molar-refractivity contribution >= 4 is 10.0 Å². The molecule has 7 nitrogen and oxygen atoms in total. The van der Waals surface area contributed by atoms with Gasteiger partial charge < -0.3 is 8.94 Å². The zero-order valence-electron chi connectivity index (χ0n) is 13.9. The van der Waals surface area contributed by atoms with Crippen molar-refractivity contribution in [3.05, 3.63) is 53.5 Å². The summed E-state index contributed by atoms with van der Waals surface area (Å²) in [7, 11) is -2.33. The third kappa shape index (κ3) is 3.33. The first-order valence-corrected chi connectivity index (χ1v) is 8.82. The van der Waals surface area contributed by atoms with Crippen molar-refractivity contribution in [1.82, 2.24) is 14.4 Å². The second kappa shape index (κ2) is 6.41. The van der Waals surface area contributed by atoms with Crippen LogP contribution in [0.1, 0.15) is 17.1 Å². The lowest BCUT2D eigenvalue weighted by molar-refractivity contribution is 0.389. The van der Waals surface area contributed by atoms with E-state index in [2.05, 4.69) is 10.1 Å². The normalized spacial score (nSPS) is 12.0. The Morgan fingerprint density at radius 2 is 1.88 bits per heavy atom. The summed E-state index contributed by atoms with van der Waals surface area (Å²) in [5.74, 6) is 0.162. The second-order valence-electron chi connectivity index (χ2n) is 5.57. The molecule has 0 aliphatic heterocycles. The van der Waals surface area contributed by atoms with Gasteiger partial charge in [0.15, 0.2) is 5.76 Å². The molecule has 0 saturated carbocycles. The van der Waals surface area contributed by atoms with Crippen molar-refractivity contribution in [2.75, 3.05) is 7.05 Å². The van der Waals surface area contributed by atoms with Crippen LogP contribution in [-0.4, -0.2) is 29.9 Å². The number of hydrogen-bond acceptors (Lipinski definition) is 6. The second-order valence-corrected chi connectivity index (χ2v) is 7.55. The van der Waals surface area contributed by atoms with Crippen LogP contribution in [0.15, 0.2) is 44.4 Å². The van der Waals surface area contributed by atoms with Crippen molar-refractivity contribution in [3.8, 4) is 11.5 Å². The predicted molar refractivity (Wildman–Crippen MR) is 86.5 cm³/mol. The summed E-state index contributed by atoms with van der Waals surface area (Å²) in [6, 6.07) is 5.67. The molecule has 0 unspecified atom stereocenters. The first-order valence-electron chi connectivity index (χ1n) is 7.38. The number of aromatic nitrogens is 2. The van der Waals surface area contributed by atoms with Gasteiger partial charge in [0.05, 0.1) is 12.2 Å². The average Bonchev–Trinajstić information content (AvgIpc) is 3.15. The van der Waals surface area contributed by atoms with Gasteiger partial charge in [-0.05, 0) is 38.1 Å². The van der Waals surface area contributed by atoms with Gasteiger partial charge in [-0.3, -0.25) is 0 Å². The van der Waals surface area contributed by atoms with E-state index in [1.165, 1.54) is 37.6 Å². The highest BCUT2D eigenvalue weighted by atomic mass is 32.2. The van der Waals surface area contributed by atoms with Gasteiger partial charge in [0.25, 0.3) is 0 Å². The SMILES string of the molecule is Cc1noc(C)c1S(=O)(=O)N(C)Cc1coc(-c2ccc(F)cc2)n1. The predicted octanol–water partition coefficient (Wildman–Crippen LogP) is 2.91. The number of aryl methyl sites for hydroxylation is 2. The molecule has 0 amide bonds. The topological polar surface area (TPSA) is 89.4 Å². The first kappa shape index (κ1) is 17.3. The molecule has 132 valence electrons. The number of halogens is 1. The van der Waals surface area contributed by atoms with E-state index in [-0.39, 0.29) is 28.9 Å². The van der Waals surface area contributed by atoms with E-state index in [4.69, 9.17) is 8.94 Å². The molecule has 0 radical (unpaired) electrons. The molecule has 0 bridgehead atoms. The van der Waals surface area contributed by atoms with Crippen molar-refractivity contribution in [2.24, 2.45) is 0 Å². The van der Waals surface area contributed by atoms with E-state index in [9.17, 15) is 12.8 Å². The Morgan fingerprint density at radius 3 is 2.48 bits per heavy atom. The third-order valence-corrected chi connectivity index (χ3v) is 5.71. The van der Waals surface area contributed by atoms with E-state index in [0.29, 0.717) is 17.0 Å². The lowest BCUT2D eigenvalue weighted by Crippen LogP contribution is -2.27. The van der Waals surface area contributed by atoms with Crippen LogP contribution in [0.25, 0.3) is 11.5 Å². The molecule has 1 aromatic carbocycles. The molecule has 0 N–H and O–H groups in total. The van der Waals surface area contributed by atoms with Crippen LogP contribution in [0.3, 0.4) is 0 Å². The van der Waals surface area contributed by atoms with Gasteiger partial charge in [-0.2, -0.15) is 4.31 Å². The maximum atomic E-state index is 13.0. The molecule has 2 aromatic heterocycles. The number of sulfonamides is 1. The van der Waals surface area contributed by atoms with Crippen LogP contribution in [0.5, 0.6) is 0 Å². The fraction of sp³-hybridized carbons (Fsp3) is 0.250. The van der Waals surface area contributed by atoms with Crippen LogP contribution in [0.4, 0.5) is 4.39 Å². The molecule has 0 aliphatic carbocycles. The van der Waals surface area contributed by atoms with Crippen LogP contribution in [-0.2, 0) is 16.6 Å². The van der Waals surface area contributed by atoms with Crippen molar-refractivity contribution < 1.29 is 21.7 Å². The van der Waals surface area contributed by atoms with Crippen LogP contribution in [0.2, 0.25) is 0 Å². The number of hydrogen-bond donors (Lipinski definition) is 0. The molecule has 0 aliphatic rings. The van der Waals surface area contributed by atoms with Gasteiger partial charge in [-0.15, -0.1) is 0 Å². The summed E-state index contributed by atoms with van der Waals surface area (Å²) < 4.78 is 49.8. The van der Waals surface area contributed by atoms with Crippen LogP contribution >= 0.6 is 0 Å². The van der Waals surface area contributed by atoms with Gasteiger partial charge in [-0.1, -0.05) is 5.16 Å². The quantitative estimate of drug-likeness (QED) is 0.691. The van der Waals surface area contributed by atoms with Gasteiger partial charge >= 0.3 is 0 Å². The lowest BCUT2D eigenvalue weighted by atomic mass is 10.2. The molecule has 25 heavy (non-hydrogen) atoms. The lowest BCUT2D eigenvalue weighted by Gasteiger charge is -2.15. The first-order chi connectivity index (χ1) is 11.8. The highest BCUT2D eigenvalue weighted by Gasteiger charge is 2.29. The Hall–Kier alpha value is -2.52. The van der Waals surface area contributed by atoms with Crippen molar-refractivity contribution in [2.45, 2.75) is 25.3 Å². The van der Waals surface area contributed by atoms with Crippen LogP contribution < -0.4 is 0 Å². The fourth-order valence-electron chi connectivity index (χ4n) is 2.42. The summed E-state index contributed by atoms with van der Waals surface area (Å²) in [6.45, 7) is 3.13. The molecule has 9 heteroatoms. The van der Waals surface area contributed by atoms with Crippen LogP contribution in [0, 0.1) is 19.7 Å². The summed E-state index contributed by atoms with van der Waals surface area (Å²) >= 11 is 0. The number of nitrogens with zero attached hydrogens (tertiary/aromatic N) is 3. The largest absolute Gasteiger partial charge is 0.444 e. The molecule has 0 atom stereocenters. The van der Waals surface area contributed by atoms with E-state index < -0.39 is 10.0 Å². The fourth-order valence-corrected chi connectivity index (χ4v) is 3.84. The molecule has 3 rings (SSSR count). The molecule has 0 saturated heterocycles. The Morgan fingerprint density at radius 1 is 1.20 bits per heavy atom. The Bertz CT molecular complexity index is 973.